The number of rotatable bonds is 2. The molecule has 0 heterocycles. The average molecular weight is 165 g/mol. The van der Waals surface area contributed by atoms with Crippen LogP contribution in [0.2, 0.25) is 0 Å². The summed E-state index contributed by atoms with van der Waals surface area (Å²) in [5.41, 5.74) is 0.276. The van der Waals surface area contributed by atoms with Crippen molar-refractivity contribution < 1.29 is 4.92 Å². The fourth-order valence-corrected chi connectivity index (χ4v) is 1.66. The maximum absolute atomic E-state index is 10.4. The summed E-state index contributed by atoms with van der Waals surface area (Å²) in [7, 11) is 0. The Morgan fingerprint density at radius 2 is 2.25 bits per heavy atom. The zero-order valence-corrected chi connectivity index (χ0v) is 6.77. The number of hydrogen-bond donors (Lipinski definition) is 0. The summed E-state index contributed by atoms with van der Waals surface area (Å²) in [5.74, 6) is 1.17. The van der Waals surface area contributed by atoms with E-state index in [2.05, 4.69) is 0 Å². The predicted octanol–water partition coefficient (Wildman–Crippen LogP) is 2.13. The molecule has 64 valence electrons. The first-order chi connectivity index (χ1) is 5.77. The number of hydrogen-bond acceptors (Lipinski definition) is 2. The molecule has 0 aliphatic heterocycles. The van der Waals surface area contributed by atoms with Crippen molar-refractivity contribution in [3.63, 3.8) is 0 Å². The first-order valence-electron chi connectivity index (χ1n) is 4.30. The third kappa shape index (κ3) is 1.40. The van der Waals surface area contributed by atoms with Gasteiger partial charge in [0.05, 0.1) is 4.92 Å². The topological polar surface area (TPSA) is 43.1 Å². The largest absolute Gasteiger partial charge is 0.265 e. The van der Waals surface area contributed by atoms with Crippen LogP contribution in [0.1, 0.15) is 19.3 Å². The van der Waals surface area contributed by atoms with Gasteiger partial charge in [-0.15, -0.1) is 0 Å². The minimum atomic E-state index is -0.301. The van der Waals surface area contributed by atoms with Crippen LogP contribution in [-0.4, -0.2) is 4.92 Å². The van der Waals surface area contributed by atoms with Gasteiger partial charge in [0.15, 0.2) is 0 Å². The molecule has 0 spiro atoms. The Bertz CT molecular complexity index is 264. The highest BCUT2D eigenvalue weighted by Crippen LogP contribution is 2.41. The average Bonchev–Trinajstić information content (AvgIpc) is 2.87. The molecule has 2 aliphatic rings. The van der Waals surface area contributed by atoms with E-state index in [-0.39, 0.29) is 10.6 Å². The van der Waals surface area contributed by atoms with Gasteiger partial charge in [-0.05, 0) is 37.2 Å². The van der Waals surface area contributed by atoms with Gasteiger partial charge >= 0.3 is 0 Å². The van der Waals surface area contributed by atoms with E-state index in [4.69, 9.17) is 0 Å². The summed E-state index contributed by atoms with van der Waals surface area (Å²) in [6.45, 7) is 0. The first kappa shape index (κ1) is 7.53. The summed E-state index contributed by atoms with van der Waals surface area (Å²) < 4.78 is 0. The fraction of sp³-hybridized carbons (Fsp3) is 0.556. The molecule has 0 aromatic heterocycles. The lowest BCUT2D eigenvalue weighted by atomic mass is 9.95. The second-order valence-electron chi connectivity index (χ2n) is 3.49. The van der Waals surface area contributed by atoms with Crippen LogP contribution in [0.15, 0.2) is 23.9 Å². The van der Waals surface area contributed by atoms with Crippen molar-refractivity contribution in [3.05, 3.63) is 34.0 Å². The molecule has 12 heavy (non-hydrogen) atoms. The van der Waals surface area contributed by atoms with Crippen molar-refractivity contribution in [2.75, 3.05) is 0 Å². The molecule has 1 saturated carbocycles. The van der Waals surface area contributed by atoms with Crippen LogP contribution in [0, 0.1) is 22.0 Å². The third-order valence-corrected chi connectivity index (χ3v) is 2.52. The van der Waals surface area contributed by atoms with Crippen molar-refractivity contribution in [3.8, 4) is 0 Å². The van der Waals surface area contributed by atoms with E-state index in [1.807, 2.05) is 12.2 Å². The molecular weight excluding hydrogens is 154 g/mol. The molecule has 0 N–H and O–H groups in total. The molecule has 3 heteroatoms. The Kier molecular flexibility index (Phi) is 1.71. The van der Waals surface area contributed by atoms with Gasteiger partial charge in [-0.3, -0.25) is 10.1 Å². The zero-order chi connectivity index (χ0) is 8.55. The summed E-state index contributed by atoms with van der Waals surface area (Å²) in [4.78, 5) is 10.1. The lowest BCUT2D eigenvalue weighted by Crippen LogP contribution is -2.07. The van der Waals surface area contributed by atoms with Crippen LogP contribution < -0.4 is 0 Å². The van der Waals surface area contributed by atoms with Gasteiger partial charge in [0.1, 0.15) is 0 Å². The van der Waals surface area contributed by atoms with Crippen LogP contribution in [0.5, 0.6) is 0 Å². The zero-order valence-electron chi connectivity index (χ0n) is 6.77. The van der Waals surface area contributed by atoms with Crippen molar-refractivity contribution in [1.82, 2.24) is 0 Å². The Morgan fingerprint density at radius 3 is 2.83 bits per heavy atom. The van der Waals surface area contributed by atoms with Crippen molar-refractivity contribution in [2.24, 2.45) is 11.8 Å². The smallest absolute Gasteiger partial charge is 0.258 e. The minimum Gasteiger partial charge on any atom is -0.258 e. The number of nitrogens with zero attached hydrogens (tertiary/aromatic N) is 1. The van der Waals surface area contributed by atoms with Crippen LogP contribution in [0.25, 0.3) is 0 Å². The second kappa shape index (κ2) is 2.73. The molecule has 1 fully saturated rings. The molecule has 3 nitrogen and oxygen atoms in total. The second-order valence-corrected chi connectivity index (χ2v) is 3.49. The molecule has 0 amide bonds. The summed E-state index contributed by atoms with van der Waals surface area (Å²) >= 11 is 0. The highest BCUT2D eigenvalue weighted by molar-refractivity contribution is 5.19. The maximum atomic E-state index is 10.4. The van der Waals surface area contributed by atoms with Crippen LogP contribution in [0.4, 0.5) is 0 Å². The van der Waals surface area contributed by atoms with Crippen molar-refractivity contribution in [2.45, 2.75) is 19.3 Å². The summed E-state index contributed by atoms with van der Waals surface area (Å²) in [5, 5.41) is 10.4. The minimum absolute atomic E-state index is 0.276. The molecule has 1 unspecified atom stereocenters. The van der Waals surface area contributed by atoms with Gasteiger partial charge in [0, 0.05) is 6.08 Å². The van der Waals surface area contributed by atoms with E-state index >= 15 is 0 Å². The number of allylic oxidation sites excluding steroid dienone is 3. The normalized spacial score (nSPS) is 28.3. The van der Waals surface area contributed by atoms with Crippen LogP contribution in [0.3, 0.4) is 0 Å². The molecule has 0 aromatic rings. The number of nitro groups is 1. The SMILES string of the molecule is O=[N+]([O-])C1=CC(C2CC2)CC=C1. The van der Waals surface area contributed by atoms with E-state index < -0.39 is 0 Å². The standard InChI is InChI=1S/C9H11NO2/c11-10(12)9-3-1-2-8(6-9)7-4-5-7/h1,3,6-8H,2,4-5H2. The van der Waals surface area contributed by atoms with E-state index in [1.165, 1.54) is 12.8 Å². The molecule has 2 rings (SSSR count). The van der Waals surface area contributed by atoms with Gasteiger partial charge < -0.3 is 0 Å². The molecule has 0 bridgehead atoms. The highest BCUT2D eigenvalue weighted by atomic mass is 16.6. The van der Waals surface area contributed by atoms with E-state index in [1.54, 1.807) is 6.08 Å². The third-order valence-electron chi connectivity index (χ3n) is 2.52. The van der Waals surface area contributed by atoms with E-state index in [0.717, 1.165) is 12.3 Å². The van der Waals surface area contributed by atoms with Crippen LogP contribution >= 0.6 is 0 Å². The molecule has 0 radical (unpaired) electrons. The van der Waals surface area contributed by atoms with Gasteiger partial charge in [-0.25, -0.2) is 0 Å². The van der Waals surface area contributed by atoms with Crippen LogP contribution in [-0.2, 0) is 0 Å². The van der Waals surface area contributed by atoms with Gasteiger partial charge in [-0.2, -0.15) is 0 Å². The summed E-state index contributed by atoms with van der Waals surface area (Å²) in [6, 6.07) is 0. The molecule has 2 aliphatic carbocycles. The quantitative estimate of drug-likeness (QED) is 0.464. The Balaban J connectivity index is 2.11. The molecule has 1 atom stereocenters. The van der Waals surface area contributed by atoms with Gasteiger partial charge in [-0.1, -0.05) is 6.08 Å². The monoisotopic (exact) mass is 165 g/mol. The Labute approximate surface area is 70.9 Å². The lowest BCUT2D eigenvalue weighted by Gasteiger charge is -2.10. The Morgan fingerprint density at radius 1 is 1.50 bits per heavy atom. The molecule has 0 saturated heterocycles. The molecular formula is C9H11NO2. The van der Waals surface area contributed by atoms with E-state index in [9.17, 15) is 10.1 Å². The highest BCUT2D eigenvalue weighted by Gasteiger charge is 2.31. The van der Waals surface area contributed by atoms with Gasteiger partial charge in [0.25, 0.3) is 5.70 Å². The first-order valence-corrected chi connectivity index (χ1v) is 4.30. The lowest BCUT2D eigenvalue weighted by molar-refractivity contribution is -0.419. The summed E-state index contributed by atoms with van der Waals surface area (Å²) in [6.07, 6.45) is 8.83. The molecule has 0 aromatic carbocycles. The predicted molar refractivity (Wildman–Crippen MR) is 45.0 cm³/mol. The Hall–Kier alpha value is -1.12. The van der Waals surface area contributed by atoms with Crippen molar-refractivity contribution >= 4 is 0 Å². The van der Waals surface area contributed by atoms with Gasteiger partial charge in [0.2, 0.25) is 0 Å². The van der Waals surface area contributed by atoms with E-state index in [0.29, 0.717) is 5.92 Å². The maximum Gasteiger partial charge on any atom is 0.265 e. The fourth-order valence-electron chi connectivity index (χ4n) is 1.66. The van der Waals surface area contributed by atoms with Crippen molar-refractivity contribution in [1.29, 1.82) is 0 Å².